The van der Waals surface area contributed by atoms with E-state index in [0.29, 0.717) is 18.9 Å². The maximum Gasteiger partial charge on any atom is 0.337 e. The van der Waals surface area contributed by atoms with Gasteiger partial charge in [-0.1, -0.05) is 41.9 Å². The molecule has 0 fully saturated rings. The highest BCUT2D eigenvalue weighted by molar-refractivity contribution is 6.33. The van der Waals surface area contributed by atoms with Crippen LogP contribution in [0.4, 0.5) is 5.82 Å². The lowest BCUT2D eigenvalue weighted by atomic mass is 10.2. The smallest absolute Gasteiger partial charge is 0.337 e. The van der Waals surface area contributed by atoms with Crippen molar-refractivity contribution in [1.82, 2.24) is 4.98 Å². The van der Waals surface area contributed by atoms with Gasteiger partial charge in [0.2, 0.25) is 0 Å². The molecule has 21 heavy (non-hydrogen) atoms. The van der Waals surface area contributed by atoms with Crippen LogP contribution >= 0.6 is 11.6 Å². The van der Waals surface area contributed by atoms with Crippen molar-refractivity contribution in [2.24, 2.45) is 0 Å². The summed E-state index contributed by atoms with van der Waals surface area (Å²) in [4.78, 5) is 17.1. The highest BCUT2D eigenvalue weighted by Gasteiger charge is 2.14. The standard InChI is InChI=1S/C15H15ClN2O3/c16-13-9-17-14(8-12(13)15(20)21)18(6-7-19)10-11-4-2-1-3-5-11/h1-5,8-9,19H,6-7,10H2,(H,20,21). The van der Waals surface area contributed by atoms with Crippen molar-refractivity contribution in [2.75, 3.05) is 18.1 Å². The second kappa shape index (κ2) is 7.06. The van der Waals surface area contributed by atoms with E-state index < -0.39 is 5.97 Å². The minimum atomic E-state index is -1.10. The van der Waals surface area contributed by atoms with Crippen LogP contribution in [0.3, 0.4) is 0 Å². The third-order valence-corrected chi connectivity index (χ3v) is 3.28. The van der Waals surface area contributed by atoms with Gasteiger partial charge >= 0.3 is 5.97 Å². The number of rotatable bonds is 6. The number of carboxylic acid groups (broad SMARTS) is 1. The van der Waals surface area contributed by atoms with Crippen LogP contribution in [0.5, 0.6) is 0 Å². The van der Waals surface area contributed by atoms with Gasteiger partial charge in [0, 0.05) is 19.3 Å². The van der Waals surface area contributed by atoms with E-state index in [0.717, 1.165) is 5.56 Å². The summed E-state index contributed by atoms with van der Waals surface area (Å²) in [5.74, 6) is -0.637. The molecule has 110 valence electrons. The maximum atomic E-state index is 11.1. The first-order chi connectivity index (χ1) is 10.1. The highest BCUT2D eigenvalue weighted by Crippen LogP contribution is 2.21. The fraction of sp³-hybridized carbons (Fsp3) is 0.200. The molecule has 0 saturated carbocycles. The van der Waals surface area contributed by atoms with E-state index in [1.807, 2.05) is 30.3 Å². The number of aliphatic hydroxyl groups is 1. The lowest BCUT2D eigenvalue weighted by Gasteiger charge is -2.23. The molecule has 0 saturated heterocycles. The third-order valence-electron chi connectivity index (χ3n) is 2.98. The molecule has 2 rings (SSSR count). The predicted octanol–water partition coefficient (Wildman–Crippen LogP) is 2.43. The molecule has 0 unspecified atom stereocenters. The molecule has 0 aliphatic heterocycles. The Labute approximate surface area is 127 Å². The van der Waals surface area contributed by atoms with Crippen LogP contribution in [-0.4, -0.2) is 34.3 Å². The number of anilines is 1. The summed E-state index contributed by atoms with van der Waals surface area (Å²) in [6.07, 6.45) is 1.32. The lowest BCUT2D eigenvalue weighted by molar-refractivity contribution is 0.0697. The predicted molar refractivity (Wildman–Crippen MR) is 80.8 cm³/mol. The van der Waals surface area contributed by atoms with Crippen molar-refractivity contribution in [2.45, 2.75) is 6.54 Å². The van der Waals surface area contributed by atoms with Crippen molar-refractivity contribution in [3.63, 3.8) is 0 Å². The van der Waals surface area contributed by atoms with Crippen LogP contribution < -0.4 is 4.90 Å². The zero-order valence-electron chi connectivity index (χ0n) is 11.2. The SMILES string of the molecule is O=C(O)c1cc(N(CCO)Cc2ccccc2)ncc1Cl. The molecule has 0 bridgehead atoms. The van der Waals surface area contributed by atoms with Crippen LogP contribution in [0.2, 0.25) is 5.02 Å². The lowest BCUT2D eigenvalue weighted by Crippen LogP contribution is -2.27. The zero-order chi connectivity index (χ0) is 15.2. The summed E-state index contributed by atoms with van der Waals surface area (Å²) in [5, 5.41) is 18.4. The fourth-order valence-corrected chi connectivity index (χ4v) is 2.15. The number of pyridine rings is 1. The van der Waals surface area contributed by atoms with Crippen LogP contribution in [0.1, 0.15) is 15.9 Å². The quantitative estimate of drug-likeness (QED) is 0.857. The Morgan fingerprint density at radius 3 is 2.62 bits per heavy atom. The average molecular weight is 307 g/mol. The van der Waals surface area contributed by atoms with Gasteiger partial charge in [-0.05, 0) is 11.6 Å². The molecule has 0 atom stereocenters. The van der Waals surface area contributed by atoms with Crippen molar-refractivity contribution in [1.29, 1.82) is 0 Å². The number of benzene rings is 1. The molecule has 0 spiro atoms. The van der Waals surface area contributed by atoms with Gasteiger partial charge in [-0.15, -0.1) is 0 Å². The number of carbonyl (C=O) groups is 1. The zero-order valence-corrected chi connectivity index (χ0v) is 12.0. The molecule has 1 aromatic carbocycles. The van der Waals surface area contributed by atoms with Gasteiger partial charge in [-0.3, -0.25) is 0 Å². The minimum Gasteiger partial charge on any atom is -0.478 e. The van der Waals surface area contributed by atoms with E-state index in [9.17, 15) is 9.90 Å². The molecule has 0 amide bonds. The Bertz CT molecular complexity index is 620. The topological polar surface area (TPSA) is 73.7 Å². The van der Waals surface area contributed by atoms with E-state index in [1.165, 1.54) is 12.3 Å². The molecular weight excluding hydrogens is 292 g/mol. The van der Waals surface area contributed by atoms with Crippen LogP contribution in [0.15, 0.2) is 42.6 Å². The molecule has 2 N–H and O–H groups in total. The first kappa shape index (κ1) is 15.3. The number of aromatic nitrogens is 1. The van der Waals surface area contributed by atoms with Gasteiger partial charge in [0.15, 0.2) is 0 Å². The second-order valence-electron chi connectivity index (χ2n) is 4.46. The van der Waals surface area contributed by atoms with Gasteiger partial charge in [-0.2, -0.15) is 0 Å². The summed E-state index contributed by atoms with van der Waals surface area (Å²) in [5.41, 5.74) is 1.04. The average Bonchev–Trinajstić information content (AvgIpc) is 2.48. The molecule has 0 radical (unpaired) electrons. The first-order valence-electron chi connectivity index (χ1n) is 6.40. The Balaban J connectivity index is 2.29. The summed E-state index contributed by atoms with van der Waals surface area (Å²) < 4.78 is 0. The maximum absolute atomic E-state index is 11.1. The molecule has 1 heterocycles. The van der Waals surface area contributed by atoms with E-state index in [2.05, 4.69) is 4.98 Å². The summed E-state index contributed by atoms with van der Waals surface area (Å²) in [7, 11) is 0. The number of nitrogens with zero attached hydrogens (tertiary/aromatic N) is 2. The molecule has 2 aromatic rings. The van der Waals surface area contributed by atoms with Gasteiger partial charge in [-0.25, -0.2) is 9.78 Å². The summed E-state index contributed by atoms with van der Waals surface area (Å²) in [6.45, 7) is 0.817. The molecule has 1 aromatic heterocycles. The monoisotopic (exact) mass is 306 g/mol. The van der Waals surface area contributed by atoms with Crippen molar-refractivity contribution in [3.8, 4) is 0 Å². The third kappa shape index (κ3) is 3.93. The van der Waals surface area contributed by atoms with Crippen LogP contribution in [0.25, 0.3) is 0 Å². The van der Waals surface area contributed by atoms with E-state index in [-0.39, 0.29) is 17.2 Å². The minimum absolute atomic E-state index is 0.00216. The van der Waals surface area contributed by atoms with E-state index >= 15 is 0 Å². The number of hydrogen-bond acceptors (Lipinski definition) is 4. The van der Waals surface area contributed by atoms with Crippen molar-refractivity contribution in [3.05, 3.63) is 58.7 Å². The largest absolute Gasteiger partial charge is 0.478 e. The summed E-state index contributed by atoms with van der Waals surface area (Å²) in [6, 6.07) is 11.1. The Morgan fingerprint density at radius 1 is 1.29 bits per heavy atom. The Morgan fingerprint density at radius 2 is 2.00 bits per heavy atom. The van der Waals surface area contributed by atoms with Gasteiger partial charge in [0.1, 0.15) is 5.82 Å². The first-order valence-corrected chi connectivity index (χ1v) is 6.78. The van der Waals surface area contributed by atoms with Gasteiger partial charge in [0.25, 0.3) is 0 Å². The number of aliphatic hydroxyl groups excluding tert-OH is 1. The molecule has 6 heteroatoms. The van der Waals surface area contributed by atoms with Gasteiger partial charge in [0.05, 0.1) is 17.2 Å². The Kier molecular flexibility index (Phi) is 5.14. The molecular formula is C15H15ClN2O3. The van der Waals surface area contributed by atoms with Crippen LogP contribution in [-0.2, 0) is 6.54 Å². The number of aromatic carboxylic acids is 1. The van der Waals surface area contributed by atoms with Gasteiger partial charge < -0.3 is 15.1 Å². The molecule has 5 nitrogen and oxygen atoms in total. The van der Waals surface area contributed by atoms with Crippen molar-refractivity contribution < 1.29 is 15.0 Å². The second-order valence-corrected chi connectivity index (χ2v) is 4.87. The van der Waals surface area contributed by atoms with Crippen LogP contribution in [0, 0.1) is 0 Å². The number of halogens is 1. The number of hydrogen-bond donors (Lipinski definition) is 2. The van der Waals surface area contributed by atoms with E-state index in [1.54, 1.807) is 4.90 Å². The molecule has 0 aliphatic carbocycles. The fourth-order valence-electron chi connectivity index (χ4n) is 1.96. The molecule has 0 aliphatic rings. The normalized spacial score (nSPS) is 10.4. The Hall–Kier alpha value is -2.11. The highest BCUT2D eigenvalue weighted by atomic mass is 35.5. The number of carboxylic acids is 1. The van der Waals surface area contributed by atoms with Crippen molar-refractivity contribution >= 4 is 23.4 Å². The summed E-state index contributed by atoms with van der Waals surface area (Å²) >= 11 is 5.82. The van der Waals surface area contributed by atoms with E-state index in [4.69, 9.17) is 16.7 Å².